The van der Waals surface area contributed by atoms with Gasteiger partial charge in [-0.3, -0.25) is 4.79 Å². The van der Waals surface area contributed by atoms with Crippen molar-refractivity contribution in [3.8, 4) is 0 Å². The van der Waals surface area contributed by atoms with Crippen LogP contribution in [0, 0.1) is 0 Å². The van der Waals surface area contributed by atoms with E-state index in [0.717, 1.165) is 0 Å². The van der Waals surface area contributed by atoms with Gasteiger partial charge in [-0.15, -0.1) is 17.7 Å². The molecule has 0 aliphatic carbocycles. The van der Waals surface area contributed by atoms with E-state index < -0.39 is 0 Å². The molecule has 0 aliphatic rings. The van der Waals surface area contributed by atoms with Crippen molar-refractivity contribution in [1.29, 1.82) is 0 Å². The van der Waals surface area contributed by atoms with E-state index in [1.807, 2.05) is 6.92 Å². The fraction of sp³-hybridized carbons (Fsp3) is 0.667. The molecule has 1 N–H and O–H groups in total. The number of carbonyl (C=O) groups excluding carboxylic acids is 1. The van der Waals surface area contributed by atoms with Crippen molar-refractivity contribution >= 4 is 18.5 Å². The lowest BCUT2D eigenvalue weighted by atomic mass is 10.3. The Hall–Kier alpha value is -1.11. The molecular formula is C6H11N5OS. The molecule has 7 heteroatoms. The van der Waals surface area contributed by atoms with Gasteiger partial charge in [0, 0.05) is 13.5 Å². The molecule has 13 heavy (non-hydrogen) atoms. The van der Waals surface area contributed by atoms with E-state index in [1.54, 1.807) is 4.68 Å². The Bertz CT molecular complexity index is 299. The molecule has 72 valence electrons. The number of thiol groups is 1. The van der Waals surface area contributed by atoms with Crippen LogP contribution in [0.25, 0.3) is 0 Å². The Kier molecular flexibility index (Phi) is 3.24. The fourth-order valence-electron chi connectivity index (χ4n) is 0.852. The standard InChI is InChI=1S/C6H11N5OS/c1-4(3-7-5(2)12)11-6(13)8-9-10-11/h4H,3H2,1-2H3,(H,7,12)(H,8,10,13). The summed E-state index contributed by atoms with van der Waals surface area (Å²) >= 11 is 4.05. The monoisotopic (exact) mass is 201 g/mol. The largest absolute Gasteiger partial charge is 0.354 e. The Morgan fingerprint density at radius 2 is 2.46 bits per heavy atom. The predicted molar refractivity (Wildman–Crippen MR) is 48.5 cm³/mol. The maximum Gasteiger partial charge on any atom is 0.216 e. The van der Waals surface area contributed by atoms with Gasteiger partial charge in [0.2, 0.25) is 11.1 Å². The first-order valence-corrected chi connectivity index (χ1v) is 4.27. The van der Waals surface area contributed by atoms with Gasteiger partial charge in [-0.1, -0.05) is 0 Å². The summed E-state index contributed by atoms with van der Waals surface area (Å²) in [4.78, 5) is 10.6. The number of aromatic nitrogens is 4. The van der Waals surface area contributed by atoms with Crippen LogP contribution < -0.4 is 5.32 Å². The lowest BCUT2D eigenvalue weighted by Crippen LogP contribution is -2.28. The number of nitrogens with zero attached hydrogens (tertiary/aromatic N) is 4. The van der Waals surface area contributed by atoms with E-state index in [-0.39, 0.29) is 11.9 Å². The number of nitrogens with one attached hydrogen (secondary N) is 1. The predicted octanol–water partition coefficient (Wildman–Crippen LogP) is -0.341. The third-order valence-electron chi connectivity index (χ3n) is 1.54. The van der Waals surface area contributed by atoms with Crippen molar-refractivity contribution in [2.45, 2.75) is 25.0 Å². The van der Waals surface area contributed by atoms with E-state index in [0.29, 0.717) is 11.7 Å². The fourth-order valence-corrected chi connectivity index (χ4v) is 1.13. The van der Waals surface area contributed by atoms with Crippen LogP contribution in [0.15, 0.2) is 5.16 Å². The van der Waals surface area contributed by atoms with Gasteiger partial charge in [-0.25, -0.2) is 4.68 Å². The Morgan fingerprint density at radius 1 is 1.77 bits per heavy atom. The molecule has 0 aliphatic heterocycles. The molecular weight excluding hydrogens is 190 g/mol. The Balaban J connectivity index is 2.53. The minimum Gasteiger partial charge on any atom is -0.354 e. The molecule has 1 rings (SSSR count). The summed E-state index contributed by atoms with van der Waals surface area (Å²) in [6.45, 7) is 3.86. The molecule has 0 saturated carbocycles. The molecule has 1 unspecified atom stereocenters. The minimum absolute atomic E-state index is 0.00593. The summed E-state index contributed by atoms with van der Waals surface area (Å²) < 4.78 is 1.54. The van der Waals surface area contributed by atoms with Crippen molar-refractivity contribution in [3.05, 3.63) is 0 Å². The van der Waals surface area contributed by atoms with Crippen LogP contribution >= 0.6 is 12.6 Å². The second-order valence-corrected chi connectivity index (χ2v) is 3.11. The topological polar surface area (TPSA) is 72.7 Å². The molecule has 0 bridgehead atoms. The van der Waals surface area contributed by atoms with Crippen LogP contribution in [-0.4, -0.2) is 32.7 Å². The maximum atomic E-state index is 10.6. The first-order chi connectivity index (χ1) is 6.11. The number of carbonyl (C=O) groups is 1. The first-order valence-electron chi connectivity index (χ1n) is 3.82. The zero-order valence-corrected chi connectivity index (χ0v) is 8.32. The average molecular weight is 201 g/mol. The molecule has 6 nitrogen and oxygen atoms in total. The molecule has 1 atom stereocenters. The molecule has 1 aromatic heterocycles. The van der Waals surface area contributed by atoms with Crippen molar-refractivity contribution in [2.24, 2.45) is 0 Å². The van der Waals surface area contributed by atoms with Crippen molar-refractivity contribution in [2.75, 3.05) is 6.54 Å². The van der Waals surface area contributed by atoms with Gasteiger partial charge in [0.1, 0.15) is 0 Å². The highest BCUT2D eigenvalue weighted by atomic mass is 32.1. The molecule has 0 spiro atoms. The van der Waals surface area contributed by atoms with Crippen molar-refractivity contribution in [3.63, 3.8) is 0 Å². The molecule has 0 saturated heterocycles. The van der Waals surface area contributed by atoms with Crippen LogP contribution in [0.2, 0.25) is 0 Å². The molecule has 1 aromatic rings. The van der Waals surface area contributed by atoms with E-state index in [2.05, 4.69) is 33.5 Å². The van der Waals surface area contributed by atoms with Gasteiger partial charge in [-0.05, 0) is 17.4 Å². The summed E-state index contributed by atoms with van der Waals surface area (Å²) in [5.74, 6) is -0.0689. The Morgan fingerprint density at radius 3 is 2.92 bits per heavy atom. The number of hydrogen-bond donors (Lipinski definition) is 2. The normalized spacial score (nSPS) is 12.5. The van der Waals surface area contributed by atoms with E-state index >= 15 is 0 Å². The molecule has 1 amide bonds. The highest BCUT2D eigenvalue weighted by Crippen LogP contribution is 2.06. The zero-order chi connectivity index (χ0) is 9.84. The van der Waals surface area contributed by atoms with Crippen molar-refractivity contribution in [1.82, 2.24) is 25.5 Å². The highest BCUT2D eigenvalue weighted by Gasteiger charge is 2.09. The lowest BCUT2D eigenvalue weighted by Gasteiger charge is -2.11. The van der Waals surface area contributed by atoms with Gasteiger partial charge < -0.3 is 5.32 Å². The van der Waals surface area contributed by atoms with Crippen LogP contribution in [-0.2, 0) is 4.79 Å². The van der Waals surface area contributed by atoms with E-state index in [9.17, 15) is 4.79 Å². The summed E-state index contributed by atoms with van der Waals surface area (Å²) in [5.41, 5.74) is 0. The van der Waals surface area contributed by atoms with Gasteiger partial charge in [0.15, 0.2) is 0 Å². The number of rotatable bonds is 3. The zero-order valence-electron chi connectivity index (χ0n) is 7.43. The molecule has 0 radical (unpaired) electrons. The second-order valence-electron chi connectivity index (χ2n) is 2.71. The van der Waals surface area contributed by atoms with Gasteiger partial charge in [-0.2, -0.15) is 0 Å². The number of amides is 1. The third-order valence-corrected chi connectivity index (χ3v) is 1.83. The van der Waals surface area contributed by atoms with Gasteiger partial charge in [0.25, 0.3) is 0 Å². The summed E-state index contributed by atoms with van der Waals surface area (Å²) in [6, 6.07) is 0.00593. The Labute approximate surface area is 81.1 Å². The van der Waals surface area contributed by atoms with Gasteiger partial charge >= 0.3 is 0 Å². The first kappa shape index (κ1) is 9.97. The quantitative estimate of drug-likeness (QED) is 0.656. The highest BCUT2D eigenvalue weighted by molar-refractivity contribution is 7.80. The minimum atomic E-state index is -0.0689. The summed E-state index contributed by atoms with van der Waals surface area (Å²) in [6.07, 6.45) is 0. The lowest BCUT2D eigenvalue weighted by molar-refractivity contribution is -0.119. The van der Waals surface area contributed by atoms with Crippen LogP contribution in [0.4, 0.5) is 0 Å². The van der Waals surface area contributed by atoms with E-state index in [4.69, 9.17) is 0 Å². The van der Waals surface area contributed by atoms with Gasteiger partial charge in [0.05, 0.1) is 6.04 Å². The smallest absolute Gasteiger partial charge is 0.216 e. The van der Waals surface area contributed by atoms with Crippen molar-refractivity contribution < 1.29 is 4.79 Å². The summed E-state index contributed by atoms with van der Waals surface area (Å²) in [5, 5.41) is 13.9. The van der Waals surface area contributed by atoms with Crippen LogP contribution in [0.5, 0.6) is 0 Å². The number of tetrazole rings is 1. The van der Waals surface area contributed by atoms with Crippen LogP contribution in [0.1, 0.15) is 19.9 Å². The summed E-state index contributed by atoms with van der Waals surface area (Å²) in [7, 11) is 0. The molecule has 0 aromatic carbocycles. The van der Waals surface area contributed by atoms with Crippen LogP contribution in [0.3, 0.4) is 0 Å². The SMILES string of the molecule is CC(=O)NCC(C)n1nnnc1S. The third kappa shape index (κ3) is 2.69. The maximum absolute atomic E-state index is 10.6. The number of hydrogen-bond acceptors (Lipinski definition) is 5. The molecule has 0 fully saturated rings. The molecule has 1 heterocycles. The van der Waals surface area contributed by atoms with E-state index in [1.165, 1.54) is 6.92 Å². The second kappa shape index (κ2) is 4.22. The average Bonchev–Trinajstić information content (AvgIpc) is 2.47.